The highest BCUT2D eigenvalue weighted by Gasteiger charge is 2.28. The van der Waals surface area contributed by atoms with Crippen molar-refractivity contribution in [3.63, 3.8) is 0 Å². The van der Waals surface area contributed by atoms with Gasteiger partial charge in [0.2, 0.25) is 9.84 Å². The number of rotatable bonds is 6. The van der Waals surface area contributed by atoms with Crippen LogP contribution in [0.2, 0.25) is 0 Å². The lowest BCUT2D eigenvalue weighted by molar-refractivity contribution is 0.0789. The van der Waals surface area contributed by atoms with E-state index in [4.69, 9.17) is 0 Å². The third kappa shape index (κ3) is 5.40. The van der Waals surface area contributed by atoms with E-state index in [1.807, 2.05) is 55.3 Å². The first-order valence-electron chi connectivity index (χ1n) is 15.7. The van der Waals surface area contributed by atoms with Crippen LogP contribution in [0.3, 0.4) is 0 Å². The van der Waals surface area contributed by atoms with Gasteiger partial charge in [-0.3, -0.25) is 4.79 Å². The molecule has 4 heterocycles. The molecule has 5 aromatic rings. The fourth-order valence-electron chi connectivity index (χ4n) is 6.80. The number of aryl methyl sites for hydroxylation is 2. The topological polar surface area (TPSA) is 111 Å². The van der Waals surface area contributed by atoms with Crippen molar-refractivity contribution in [1.29, 1.82) is 0 Å². The van der Waals surface area contributed by atoms with Gasteiger partial charge in [-0.2, -0.15) is 0 Å². The number of aromatic amines is 1. The number of nitrogens with zero attached hydrogens (tertiary/aromatic N) is 4. The first-order chi connectivity index (χ1) is 22.1. The van der Waals surface area contributed by atoms with Crippen molar-refractivity contribution >= 4 is 26.9 Å². The van der Waals surface area contributed by atoms with Gasteiger partial charge in [0.05, 0.1) is 11.1 Å². The lowest BCUT2D eigenvalue weighted by Gasteiger charge is -2.27. The number of likely N-dealkylation sites (N-methyl/N-ethyl adjacent to an activating group) is 2. The lowest BCUT2D eigenvalue weighted by Crippen LogP contribution is -2.33. The molecule has 3 aromatic carbocycles. The zero-order valence-corrected chi connectivity index (χ0v) is 27.4. The molecule has 9 nitrogen and oxygen atoms in total. The predicted octanol–water partition coefficient (Wildman–Crippen LogP) is 5.16. The molecule has 1 atom stereocenters. The number of sulfone groups is 1. The number of aromatic nitrogens is 3. The van der Waals surface area contributed by atoms with Gasteiger partial charge in [0.25, 0.3) is 5.91 Å². The second-order valence-electron chi connectivity index (χ2n) is 12.6. The Hall–Kier alpha value is -4.38. The molecular formula is C36H38N6O3S. The molecule has 2 aliphatic heterocycles. The number of amides is 1. The molecule has 46 heavy (non-hydrogen) atoms. The first kappa shape index (κ1) is 30.3. The quantitative estimate of drug-likeness (QED) is 0.265. The Labute approximate surface area is 269 Å². The number of carbonyl (C=O) groups excluding carboxylic acids is 1. The zero-order valence-electron chi connectivity index (χ0n) is 26.6. The van der Waals surface area contributed by atoms with E-state index in [0.717, 1.165) is 49.2 Å². The smallest absolute Gasteiger partial charge is 0.253 e. The third-order valence-electron chi connectivity index (χ3n) is 9.45. The Bertz CT molecular complexity index is 2090. The number of hydrogen-bond acceptors (Lipinski definition) is 7. The van der Waals surface area contributed by atoms with Gasteiger partial charge in [-0.05, 0) is 98.4 Å². The zero-order chi connectivity index (χ0) is 32.2. The van der Waals surface area contributed by atoms with E-state index in [1.165, 1.54) is 22.9 Å². The molecule has 1 amide bonds. The van der Waals surface area contributed by atoms with Gasteiger partial charge in [0.1, 0.15) is 5.52 Å². The summed E-state index contributed by atoms with van der Waals surface area (Å²) in [6, 6.07) is 17.5. The fraction of sp³-hybridized carbons (Fsp3) is 0.306. The maximum Gasteiger partial charge on any atom is 0.253 e. The van der Waals surface area contributed by atoms with E-state index in [0.29, 0.717) is 40.4 Å². The predicted molar refractivity (Wildman–Crippen MR) is 180 cm³/mol. The number of nitrogens with one attached hydrogen (secondary N) is 2. The summed E-state index contributed by atoms with van der Waals surface area (Å²) >= 11 is 0. The van der Waals surface area contributed by atoms with Crippen LogP contribution in [0.25, 0.3) is 33.4 Å². The number of fused-ring (bicyclic) bond motifs is 2. The average molecular weight is 635 g/mol. The Morgan fingerprint density at radius 1 is 1.00 bits per heavy atom. The maximum atomic E-state index is 14.3. The van der Waals surface area contributed by atoms with Crippen LogP contribution < -0.4 is 5.32 Å². The molecule has 10 heteroatoms. The molecule has 7 rings (SSSR count). The SMILES string of the molecule is CN[C@H]1CCN(C(=O)c2ccc(-c3c[nH]c4ncc(S(=O)(=O)c5cc(C)ccc5-c5cc(C)c6c(c5)CN(C)CC6)nc34)cc2)C1. The van der Waals surface area contributed by atoms with E-state index in [-0.39, 0.29) is 15.8 Å². The fourth-order valence-corrected chi connectivity index (χ4v) is 8.24. The molecule has 0 bridgehead atoms. The average Bonchev–Trinajstić information content (AvgIpc) is 3.71. The molecule has 0 radical (unpaired) electrons. The van der Waals surface area contributed by atoms with Gasteiger partial charge in [-0.1, -0.05) is 30.3 Å². The molecule has 2 N–H and O–H groups in total. The number of H-pyrrole nitrogens is 1. The van der Waals surface area contributed by atoms with E-state index in [1.54, 1.807) is 12.3 Å². The summed E-state index contributed by atoms with van der Waals surface area (Å²) in [6.07, 6.45) is 5.03. The van der Waals surface area contributed by atoms with Gasteiger partial charge in [-0.25, -0.2) is 18.4 Å². The van der Waals surface area contributed by atoms with E-state index in [2.05, 4.69) is 51.3 Å². The van der Waals surface area contributed by atoms with Crippen molar-refractivity contribution in [2.45, 2.75) is 49.2 Å². The maximum absolute atomic E-state index is 14.3. The minimum absolute atomic E-state index is 0.00602. The molecule has 0 aliphatic carbocycles. The molecule has 1 fully saturated rings. The summed E-state index contributed by atoms with van der Waals surface area (Å²) in [6.45, 7) is 7.27. The van der Waals surface area contributed by atoms with Crippen molar-refractivity contribution in [2.75, 3.05) is 33.7 Å². The standard InChI is InChI=1S/C36H38N6O3S/c1-22-5-10-30(26-16-23(2)29-12-13-41(4)20-27(29)17-26)32(15-22)46(44,45)33-19-39-35-34(40-33)31(18-38-35)24-6-8-25(9-7-24)36(43)42-14-11-28(21-42)37-3/h5-10,15-19,28,37H,11-14,20-21H2,1-4H3,(H,38,39)/t28-/m0/s1. The van der Waals surface area contributed by atoms with Gasteiger partial charge in [0, 0.05) is 55.1 Å². The van der Waals surface area contributed by atoms with Crippen LogP contribution in [0.4, 0.5) is 0 Å². The second kappa shape index (κ2) is 11.8. The Morgan fingerprint density at radius 2 is 1.80 bits per heavy atom. The van der Waals surface area contributed by atoms with Crippen LogP contribution in [0.1, 0.15) is 39.0 Å². The first-order valence-corrected chi connectivity index (χ1v) is 17.2. The van der Waals surface area contributed by atoms with Gasteiger partial charge in [-0.15, -0.1) is 0 Å². The van der Waals surface area contributed by atoms with E-state index >= 15 is 0 Å². The second-order valence-corrected chi connectivity index (χ2v) is 14.5. The Morgan fingerprint density at radius 3 is 2.57 bits per heavy atom. The number of likely N-dealkylation sites (tertiary alicyclic amines) is 1. The summed E-state index contributed by atoms with van der Waals surface area (Å²) < 4.78 is 28.7. The summed E-state index contributed by atoms with van der Waals surface area (Å²) in [7, 11) is -0.0117. The molecule has 0 unspecified atom stereocenters. The number of benzene rings is 3. The highest BCUT2D eigenvalue weighted by Crippen LogP contribution is 2.36. The normalized spacial score (nSPS) is 17.0. The van der Waals surface area contributed by atoms with Crippen LogP contribution in [0, 0.1) is 13.8 Å². The molecule has 2 aromatic heterocycles. The van der Waals surface area contributed by atoms with Crippen LogP contribution in [-0.2, 0) is 22.8 Å². The summed E-state index contributed by atoms with van der Waals surface area (Å²) in [4.78, 5) is 29.7. The summed E-state index contributed by atoms with van der Waals surface area (Å²) in [5.74, 6) is 0.00602. The van der Waals surface area contributed by atoms with Crippen LogP contribution in [0.5, 0.6) is 0 Å². The van der Waals surface area contributed by atoms with Crippen LogP contribution >= 0.6 is 0 Å². The number of hydrogen-bond donors (Lipinski definition) is 2. The third-order valence-corrected chi connectivity index (χ3v) is 11.1. The molecule has 2 aliphatic rings. The van der Waals surface area contributed by atoms with Crippen molar-refractivity contribution < 1.29 is 13.2 Å². The molecule has 0 spiro atoms. The van der Waals surface area contributed by atoms with Crippen molar-refractivity contribution in [1.82, 2.24) is 30.1 Å². The molecule has 0 saturated carbocycles. The van der Waals surface area contributed by atoms with Gasteiger partial charge >= 0.3 is 0 Å². The molecular weight excluding hydrogens is 597 g/mol. The summed E-state index contributed by atoms with van der Waals surface area (Å²) in [5.41, 5.74) is 9.24. The Balaban J connectivity index is 1.24. The molecule has 236 valence electrons. The van der Waals surface area contributed by atoms with Crippen molar-refractivity contribution in [2.24, 2.45) is 0 Å². The highest BCUT2D eigenvalue weighted by molar-refractivity contribution is 7.91. The van der Waals surface area contributed by atoms with Crippen molar-refractivity contribution in [3.05, 3.63) is 94.8 Å². The highest BCUT2D eigenvalue weighted by atomic mass is 32.2. The van der Waals surface area contributed by atoms with Crippen LogP contribution in [-0.4, -0.2) is 78.8 Å². The minimum Gasteiger partial charge on any atom is -0.344 e. The van der Waals surface area contributed by atoms with E-state index < -0.39 is 9.84 Å². The molecule has 1 saturated heterocycles. The van der Waals surface area contributed by atoms with Gasteiger partial charge < -0.3 is 20.1 Å². The number of carbonyl (C=O) groups is 1. The van der Waals surface area contributed by atoms with E-state index in [9.17, 15) is 13.2 Å². The summed E-state index contributed by atoms with van der Waals surface area (Å²) in [5, 5.41) is 3.14. The Kier molecular flexibility index (Phi) is 7.75. The van der Waals surface area contributed by atoms with Crippen molar-refractivity contribution in [3.8, 4) is 22.3 Å². The monoisotopic (exact) mass is 634 g/mol. The van der Waals surface area contributed by atoms with Gasteiger partial charge in [0.15, 0.2) is 10.7 Å². The lowest BCUT2D eigenvalue weighted by atomic mass is 9.90. The van der Waals surface area contributed by atoms with Crippen LogP contribution in [0.15, 0.2) is 76.9 Å². The minimum atomic E-state index is -4.04. The largest absolute Gasteiger partial charge is 0.344 e.